The lowest BCUT2D eigenvalue weighted by molar-refractivity contribution is 0.194. The molecule has 1 atom stereocenters. The van der Waals surface area contributed by atoms with Crippen LogP contribution in [0.1, 0.15) is 43.8 Å². The van der Waals surface area contributed by atoms with Crippen molar-refractivity contribution in [3.8, 4) is 0 Å². The summed E-state index contributed by atoms with van der Waals surface area (Å²) in [6, 6.07) is 0.166. The van der Waals surface area contributed by atoms with Gasteiger partial charge < -0.3 is 15.0 Å². The second kappa shape index (κ2) is 6.85. The molecule has 0 amide bonds. The lowest BCUT2D eigenvalue weighted by atomic mass is 9.96. The monoisotopic (exact) mass is 253 g/mol. The second-order valence-electron chi connectivity index (χ2n) is 5.11. The molecule has 102 valence electrons. The van der Waals surface area contributed by atoms with Crippen LogP contribution in [0.25, 0.3) is 0 Å². The van der Waals surface area contributed by atoms with E-state index in [4.69, 9.17) is 15.0 Å². The average Bonchev–Trinajstić information content (AvgIpc) is 3.00. The zero-order valence-corrected chi connectivity index (χ0v) is 11.1. The zero-order valence-electron chi connectivity index (χ0n) is 11.1. The third-order valence-electron chi connectivity index (χ3n) is 3.67. The number of nitrogens with two attached hydrogens (primary N) is 1. The summed E-state index contributed by atoms with van der Waals surface area (Å²) in [5.41, 5.74) is 6.19. The van der Waals surface area contributed by atoms with Crippen molar-refractivity contribution < 1.29 is 9.26 Å². The van der Waals surface area contributed by atoms with Gasteiger partial charge in [-0.15, -0.1) is 0 Å². The maximum atomic E-state index is 6.19. The topological polar surface area (TPSA) is 74.2 Å². The lowest BCUT2D eigenvalue weighted by Crippen LogP contribution is -2.30. The standard InChI is InChI=1S/C13H23N3O2/c1-17-8-4-7-12-15-13(18-16-12)9-11(14)10-5-2-3-6-10/h10-11H,2-9,14H2,1H3. The van der Waals surface area contributed by atoms with Crippen LogP contribution in [-0.4, -0.2) is 29.9 Å². The third kappa shape index (κ3) is 3.78. The van der Waals surface area contributed by atoms with E-state index in [1.807, 2.05) is 0 Å². The first-order valence-corrected chi connectivity index (χ1v) is 6.85. The second-order valence-corrected chi connectivity index (χ2v) is 5.11. The molecule has 1 aliphatic carbocycles. The quantitative estimate of drug-likeness (QED) is 0.749. The van der Waals surface area contributed by atoms with Gasteiger partial charge in [0.25, 0.3) is 0 Å². The smallest absolute Gasteiger partial charge is 0.228 e. The Bertz CT molecular complexity index is 348. The molecule has 1 heterocycles. The number of nitrogens with zero attached hydrogens (tertiary/aromatic N) is 2. The summed E-state index contributed by atoms with van der Waals surface area (Å²) in [6.45, 7) is 0.728. The van der Waals surface area contributed by atoms with E-state index >= 15 is 0 Å². The van der Waals surface area contributed by atoms with Crippen molar-refractivity contribution in [2.24, 2.45) is 11.7 Å². The molecule has 0 spiro atoms. The number of methoxy groups -OCH3 is 1. The highest BCUT2D eigenvalue weighted by Gasteiger charge is 2.23. The fourth-order valence-electron chi connectivity index (χ4n) is 2.60. The van der Waals surface area contributed by atoms with Crippen LogP contribution < -0.4 is 5.73 Å². The van der Waals surface area contributed by atoms with Crippen molar-refractivity contribution in [1.29, 1.82) is 0 Å². The summed E-state index contributed by atoms with van der Waals surface area (Å²) < 4.78 is 10.2. The Morgan fingerprint density at radius 3 is 2.94 bits per heavy atom. The van der Waals surface area contributed by atoms with Gasteiger partial charge in [-0.05, 0) is 25.2 Å². The molecule has 0 aliphatic heterocycles. The molecule has 1 unspecified atom stereocenters. The van der Waals surface area contributed by atoms with Crippen LogP contribution in [-0.2, 0) is 17.6 Å². The van der Waals surface area contributed by atoms with E-state index in [1.54, 1.807) is 7.11 Å². The van der Waals surface area contributed by atoms with Crippen LogP contribution in [0.3, 0.4) is 0 Å². The van der Waals surface area contributed by atoms with Gasteiger partial charge in [-0.1, -0.05) is 18.0 Å². The van der Waals surface area contributed by atoms with E-state index in [2.05, 4.69) is 10.1 Å². The van der Waals surface area contributed by atoms with Crippen molar-refractivity contribution >= 4 is 0 Å². The van der Waals surface area contributed by atoms with Gasteiger partial charge in [0.05, 0.1) is 0 Å². The highest BCUT2D eigenvalue weighted by molar-refractivity contribution is 4.91. The predicted octanol–water partition coefficient (Wildman–Crippen LogP) is 1.71. The summed E-state index contributed by atoms with van der Waals surface area (Å²) in [6.07, 6.45) is 7.54. The number of hydrogen-bond donors (Lipinski definition) is 1. The van der Waals surface area contributed by atoms with Gasteiger partial charge in [-0.2, -0.15) is 4.98 Å². The van der Waals surface area contributed by atoms with Gasteiger partial charge in [-0.25, -0.2) is 0 Å². The molecule has 1 fully saturated rings. The normalized spacial score (nSPS) is 18.3. The van der Waals surface area contributed by atoms with Crippen molar-refractivity contribution in [3.63, 3.8) is 0 Å². The SMILES string of the molecule is COCCCc1noc(CC(N)C2CCCC2)n1. The molecule has 0 radical (unpaired) electrons. The van der Waals surface area contributed by atoms with Gasteiger partial charge in [-0.3, -0.25) is 0 Å². The first-order chi connectivity index (χ1) is 8.79. The Morgan fingerprint density at radius 2 is 2.22 bits per heavy atom. The van der Waals surface area contributed by atoms with Crippen molar-refractivity contribution in [3.05, 3.63) is 11.7 Å². The van der Waals surface area contributed by atoms with Gasteiger partial charge in [0.1, 0.15) is 0 Å². The molecule has 5 heteroatoms. The van der Waals surface area contributed by atoms with Gasteiger partial charge >= 0.3 is 0 Å². The molecule has 0 saturated heterocycles. The third-order valence-corrected chi connectivity index (χ3v) is 3.67. The number of hydrogen-bond acceptors (Lipinski definition) is 5. The molecule has 2 rings (SSSR count). The van der Waals surface area contributed by atoms with E-state index in [1.165, 1.54) is 25.7 Å². The van der Waals surface area contributed by atoms with Crippen LogP contribution in [0, 0.1) is 5.92 Å². The molecule has 2 N–H and O–H groups in total. The maximum absolute atomic E-state index is 6.19. The van der Waals surface area contributed by atoms with Crippen LogP contribution in [0.5, 0.6) is 0 Å². The Kier molecular flexibility index (Phi) is 5.13. The molecular formula is C13H23N3O2. The molecule has 1 aromatic rings. The average molecular weight is 253 g/mol. The fraction of sp³-hybridized carbons (Fsp3) is 0.846. The molecule has 1 saturated carbocycles. The van der Waals surface area contributed by atoms with Crippen LogP contribution in [0.15, 0.2) is 4.52 Å². The molecule has 18 heavy (non-hydrogen) atoms. The van der Waals surface area contributed by atoms with Gasteiger partial charge in [0.15, 0.2) is 5.82 Å². The minimum absolute atomic E-state index is 0.166. The largest absolute Gasteiger partial charge is 0.385 e. The highest BCUT2D eigenvalue weighted by atomic mass is 16.5. The lowest BCUT2D eigenvalue weighted by Gasteiger charge is -2.16. The Hall–Kier alpha value is -0.940. The minimum Gasteiger partial charge on any atom is -0.385 e. The number of ether oxygens (including phenoxy) is 1. The highest BCUT2D eigenvalue weighted by Crippen LogP contribution is 2.27. The summed E-state index contributed by atoms with van der Waals surface area (Å²) in [5.74, 6) is 2.08. The summed E-state index contributed by atoms with van der Waals surface area (Å²) in [5, 5.41) is 3.97. The molecular weight excluding hydrogens is 230 g/mol. The molecule has 1 aromatic heterocycles. The summed E-state index contributed by atoms with van der Waals surface area (Å²) in [4.78, 5) is 4.38. The zero-order chi connectivity index (χ0) is 12.8. The number of aryl methyl sites for hydroxylation is 1. The van der Waals surface area contributed by atoms with E-state index in [0.717, 1.165) is 25.3 Å². The molecule has 5 nitrogen and oxygen atoms in total. The minimum atomic E-state index is 0.166. The van der Waals surface area contributed by atoms with E-state index in [9.17, 15) is 0 Å². The van der Waals surface area contributed by atoms with Crippen molar-refractivity contribution in [2.45, 2.75) is 51.0 Å². The molecule has 0 aromatic carbocycles. The van der Waals surface area contributed by atoms with Gasteiger partial charge in [0, 0.05) is 32.6 Å². The number of aromatic nitrogens is 2. The Morgan fingerprint density at radius 1 is 1.44 bits per heavy atom. The maximum Gasteiger partial charge on any atom is 0.228 e. The Labute approximate surface area is 108 Å². The van der Waals surface area contributed by atoms with Crippen LogP contribution in [0.4, 0.5) is 0 Å². The molecule has 1 aliphatic rings. The van der Waals surface area contributed by atoms with E-state index in [-0.39, 0.29) is 6.04 Å². The Balaban J connectivity index is 1.78. The first kappa shape index (κ1) is 13.5. The van der Waals surface area contributed by atoms with Crippen LogP contribution >= 0.6 is 0 Å². The first-order valence-electron chi connectivity index (χ1n) is 6.85. The summed E-state index contributed by atoms with van der Waals surface area (Å²) in [7, 11) is 1.70. The summed E-state index contributed by atoms with van der Waals surface area (Å²) >= 11 is 0. The fourth-order valence-corrected chi connectivity index (χ4v) is 2.60. The van der Waals surface area contributed by atoms with Crippen molar-refractivity contribution in [1.82, 2.24) is 10.1 Å². The predicted molar refractivity (Wildman–Crippen MR) is 68.1 cm³/mol. The van der Waals surface area contributed by atoms with E-state index in [0.29, 0.717) is 18.2 Å². The molecule has 0 bridgehead atoms. The van der Waals surface area contributed by atoms with Crippen LogP contribution in [0.2, 0.25) is 0 Å². The van der Waals surface area contributed by atoms with Crippen molar-refractivity contribution in [2.75, 3.05) is 13.7 Å². The van der Waals surface area contributed by atoms with E-state index < -0.39 is 0 Å². The number of rotatable bonds is 7. The van der Waals surface area contributed by atoms with Gasteiger partial charge in [0.2, 0.25) is 5.89 Å².